The zero-order valence-corrected chi connectivity index (χ0v) is 11.0. The smallest absolute Gasteiger partial charge is 0.126 e. The van der Waals surface area contributed by atoms with Gasteiger partial charge in [0.15, 0.2) is 0 Å². The van der Waals surface area contributed by atoms with Crippen molar-refractivity contribution in [2.24, 2.45) is 0 Å². The molecule has 0 heterocycles. The number of aliphatic hydroxyl groups excluding tert-OH is 2. The van der Waals surface area contributed by atoms with Crippen LogP contribution in [0.2, 0.25) is 0 Å². The Morgan fingerprint density at radius 3 is 2.21 bits per heavy atom. The van der Waals surface area contributed by atoms with Crippen LogP contribution in [0.4, 0.5) is 0 Å². The second-order valence-electron chi connectivity index (χ2n) is 4.65. The van der Waals surface area contributed by atoms with Gasteiger partial charge in [0, 0.05) is 19.6 Å². The van der Waals surface area contributed by atoms with E-state index < -0.39 is 0 Å². The largest absolute Gasteiger partial charge is 0.462 e. The van der Waals surface area contributed by atoms with Crippen LogP contribution in [0.1, 0.15) is 24.8 Å². The minimum atomic E-state index is 0.170. The number of ether oxygens (including phenoxy) is 1. The molecule has 19 heavy (non-hydrogen) atoms. The molecule has 0 saturated carbocycles. The van der Waals surface area contributed by atoms with Crippen molar-refractivity contribution < 1.29 is 14.9 Å². The number of aliphatic hydroxyl groups is 2. The Balaban J connectivity index is 1.94. The fourth-order valence-corrected chi connectivity index (χ4v) is 2.10. The van der Waals surface area contributed by atoms with Gasteiger partial charge in [-0.25, -0.2) is 0 Å². The highest BCUT2D eigenvalue weighted by atomic mass is 16.5. The lowest BCUT2D eigenvalue weighted by molar-refractivity contribution is 0.296. The van der Waals surface area contributed by atoms with Crippen LogP contribution in [0.25, 0.3) is 0 Å². The molecule has 0 spiro atoms. The van der Waals surface area contributed by atoms with E-state index in [-0.39, 0.29) is 13.2 Å². The molecule has 0 unspecified atom stereocenters. The molecule has 1 aliphatic carbocycles. The lowest BCUT2D eigenvalue weighted by Gasteiger charge is -2.15. The number of hydrogen-bond acceptors (Lipinski definition) is 3. The maximum absolute atomic E-state index is 8.88. The summed E-state index contributed by atoms with van der Waals surface area (Å²) in [4.78, 5) is 0. The molecule has 0 fully saturated rings. The van der Waals surface area contributed by atoms with Crippen molar-refractivity contribution in [3.63, 3.8) is 0 Å². The molecule has 1 aromatic rings. The van der Waals surface area contributed by atoms with E-state index in [9.17, 15) is 0 Å². The Bertz CT molecular complexity index is 457. The maximum Gasteiger partial charge on any atom is 0.126 e. The summed E-state index contributed by atoms with van der Waals surface area (Å²) in [6.07, 6.45) is 7.28. The third-order valence-electron chi connectivity index (χ3n) is 3.20. The van der Waals surface area contributed by atoms with Gasteiger partial charge < -0.3 is 14.9 Å². The van der Waals surface area contributed by atoms with Crippen LogP contribution >= 0.6 is 0 Å². The molecule has 1 aromatic carbocycles. The van der Waals surface area contributed by atoms with E-state index in [1.807, 2.05) is 36.4 Å². The summed E-state index contributed by atoms with van der Waals surface area (Å²) in [5.41, 5.74) is 2.38. The Kier molecular flexibility index (Phi) is 5.19. The van der Waals surface area contributed by atoms with Crippen LogP contribution in [0.3, 0.4) is 0 Å². The molecular weight excluding hydrogens is 240 g/mol. The van der Waals surface area contributed by atoms with E-state index in [0.717, 1.165) is 36.3 Å². The third kappa shape index (κ3) is 4.23. The van der Waals surface area contributed by atoms with Crippen molar-refractivity contribution in [3.8, 4) is 5.75 Å². The van der Waals surface area contributed by atoms with Crippen LogP contribution in [-0.4, -0.2) is 23.4 Å². The minimum Gasteiger partial charge on any atom is -0.462 e. The maximum atomic E-state index is 8.88. The predicted molar refractivity (Wildman–Crippen MR) is 75.0 cm³/mol. The second-order valence-corrected chi connectivity index (χ2v) is 4.65. The van der Waals surface area contributed by atoms with Gasteiger partial charge in [-0.05, 0) is 43.0 Å². The number of hydrogen-bond donors (Lipinski definition) is 2. The van der Waals surface area contributed by atoms with Crippen molar-refractivity contribution in [1.29, 1.82) is 0 Å². The highest BCUT2D eigenvalue weighted by Crippen LogP contribution is 2.24. The topological polar surface area (TPSA) is 49.7 Å². The van der Waals surface area contributed by atoms with Gasteiger partial charge in [0.05, 0.1) is 0 Å². The first kappa shape index (κ1) is 13.8. The van der Waals surface area contributed by atoms with Crippen LogP contribution in [0.5, 0.6) is 5.75 Å². The van der Waals surface area contributed by atoms with E-state index in [2.05, 4.69) is 0 Å². The van der Waals surface area contributed by atoms with Gasteiger partial charge in [-0.15, -0.1) is 0 Å². The van der Waals surface area contributed by atoms with Gasteiger partial charge >= 0.3 is 0 Å². The highest BCUT2D eigenvalue weighted by molar-refractivity contribution is 5.30. The average molecular weight is 260 g/mol. The lowest BCUT2D eigenvalue weighted by atomic mass is 10.0. The van der Waals surface area contributed by atoms with Crippen molar-refractivity contribution in [1.82, 2.24) is 0 Å². The summed E-state index contributed by atoms with van der Waals surface area (Å²) < 4.78 is 5.81. The molecule has 0 atom stereocenters. The van der Waals surface area contributed by atoms with Gasteiger partial charge in [-0.1, -0.05) is 23.8 Å². The molecule has 102 valence electrons. The van der Waals surface area contributed by atoms with E-state index in [1.165, 1.54) is 5.57 Å². The zero-order valence-electron chi connectivity index (χ0n) is 11.0. The van der Waals surface area contributed by atoms with Gasteiger partial charge in [-0.3, -0.25) is 0 Å². The first-order chi connectivity index (χ1) is 9.31. The Morgan fingerprint density at radius 1 is 0.895 bits per heavy atom. The number of rotatable bonds is 6. The van der Waals surface area contributed by atoms with Gasteiger partial charge in [-0.2, -0.15) is 0 Å². The van der Waals surface area contributed by atoms with Crippen molar-refractivity contribution in [2.45, 2.75) is 25.7 Å². The summed E-state index contributed by atoms with van der Waals surface area (Å²) in [7, 11) is 0. The van der Waals surface area contributed by atoms with Crippen molar-refractivity contribution in [2.75, 3.05) is 13.2 Å². The Labute approximate surface area is 113 Å². The van der Waals surface area contributed by atoms with E-state index >= 15 is 0 Å². The molecule has 2 N–H and O–H groups in total. The molecule has 1 aliphatic rings. The summed E-state index contributed by atoms with van der Waals surface area (Å²) in [5, 5.41) is 17.7. The van der Waals surface area contributed by atoms with Crippen LogP contribution < -0.4 is 4.74 Å². The molecule has 0 aromatic heterocycles. The van der Waals surface area contributed by atoms with Gasteiger partial charge in [0.2, 0.25) is 0 Å². The molecule has 2 rings (SSSR count). The van der Waals surface area contributed by atoms with Crippen molar-refractivity contribution >= 4 is 0 Å². The summed E-state index contributed by atoms with van der Waals surface area (Å²) in [6, 6.07) is 7.81. The summed E-state index contributed by atoms with van der Waals surface area (Å²) in [6.45, 7) is 0.381. The molecule has 0 amide bonds. The SMILES string of the molecule is OCCC1=CC=C(Oc2ccc(CCO)cc2)CC1. The van der Waals surface area contributed by atoms with Gasteiger partial charge in [0.25, 0.3) is 0 Å². The molecule has 3 heteroatoms. The van der Waals surface area contributed by atoms with E-state index in [0.29, 0.717) is 6.42 Å². The Hall–Kier alpha value is -1.58. The molecule has 0 aliphatic heterocycles. The lowest BCUT2D eigenvalue weighted by Crippen LogP contribution is -2.01. The van der Waals surface area contributed by atoms with Crippen LogP contribution in [0, 0.1) is 0 Å². The van der Waals surface area contributed by atoms with Gasteiger partial charge in [0.1, 0.15) is 11.5 Å². The van der Waals surface area contributed by atoms with Crippen LogP contribution in [0.15, 0.2) is 47.7 Å². The summed E-state index contributed by atoms with van der Waals surface area (Å²) >= 11 is 0. The second kappa shape index (κ2) is 7.12. The average Bonchev–Trinajstić information content (AvgIpc) is 2.44. The van der Waals surface area contributed by atoms with Crippen LogP contribution in [-0.2, 0) is 6.42 Å². The normalized spacial score (nSPS) is 14.8. The minimum absolute atomic E-state index is 0.170. The Morgan fingerprint density at radius 2 is 1.63 bits per heavy atom. The fourth-order valence-electron chi connectivity index (χ4n) is 2.10. The van der Waals surface area contributed by atoms with E-state index in [1.54, 1.807) is 0 Å². The fraction of sp³-hybridized carbons (Fsp3) is 0.375. The molecule has 0 bridgehead atoms. The first-order valence-corrected chi connectivity index (χ1v) is 6.69. The molecule has 3 nitrogen and oxygen atoms in total. The third-order valence-corrected chi connectivity index (χ3v) is 3.20. The number of allylic oxidation sites excluding steroid dienone is 3. The quantitative estimate of drug-likeness (QED) is 0.826. The highest BCUT2D eigenvalue weighted by Gasteiger charge is 2.08. The molecular formula is C16H20O3. The molecule has 0 saturated heterocycles. The standard InChI is InChI=1S/C16H20O3/c17-11-9-13-1-5-15(6-2-13)19-16-7-3-14(4-8-16)10-12-18/h1-3,5-7,17-18H,4,8-12H2. The number of benzene rings is 1. The summed E-state index contributed by atoms with van der Waals surface area (Å²) in [5.74, 6) is 1.78. The monoisotopic (exact) mass is 260 g/mol. The predicted octanol–water partition coefficient (Wildman–Crippen LogP) is 2.59. The zero-order chi connectivity index (χ0) is 13.5. The first-order valence-electron chi connectivity index (χ1n) is 6.69. The van der Waals surface area contributed by atoms with Crippen molar-refractivity contribution in [3.05, 3.63) is 53.3 Å². The van der Waals surface area contributed by atoms with E-state index in [4.69, 9.17) is 14.9 Å². The molecule has 0 radical (unpaired) electrons.